The molecule has 0 bridgehead atoms. The first kappa shape index (κ1) is 20.6. The van der Waals surface area contributed by atoms with Gasteiger partial charge in [-0.3, -0.25) is 19.3 Å². The van der Waals surface area contributed by atoms with Crippen molar-refractivity contribution in [2.45, 2.75) is 0 Å². The topological polar surface area (TPSA) is 66.9 Å². The van der Waals surface area contributed by atoms with Gasteiger partial charge >= 0.3 is 0 Å². The number of ether oxygens (including phenoxy) is 1. The number of amides is 3. The van der Waals surface area contributed by atoms with E-state index >= 15 is 0 Å². The van der Waals surface area contributed by atoms with Gasteiger partial charge < -0.3 is 9.64 Å². The van der Waals surface area contributed by atoms with Gasteiger partial charge in [0.15, 0.2) is 0 Å². The number of anilines is 1. The minimum atomic E-state index is -0.370. The molecule has 0 saturated carbocycles. The van der Waals surface area contributed by atoms with Crippen molar-refractivity contribution in [1.82, 2.24) is 4.90 Å². The predicted molar refractivity (Wildman–Crippen MR) is 118 cm³/mol. The van der Waals surface area contributed by atoms with Crippen LogP contribution in [0.5, 0.6) is 5.75 Å². The van der Waals surface area contributed by atoms with Crippen LogP contribution in [-0.4, -0.2) is 42.8 Å². The zero-order valence-electron chi connectivity index (χ0n) is 16.7. The third kappa shape index (κ3) is 3.78. The van der Waals surface area contributed by atoms with E-state index in [1.807, 2.05) is 0 Å². The number of hydrogen-bond acceptors (Lipinski definition) is 4. The highest BCUT2D eigenvalue weighted by Gasteiger charge is 2.35. The summed E-state index contributed by atoms with van der Waals surface area (Å²) in [6, 6.07) is 20.5. The lowest BCUT2D eigenvalue weighted by Crippen LogP contribution is -2.41. The Labute approximate surface area is 184 Å². The second-order valence-electron chi connectivity index (χ2n) is 6.92. The van der Waals surface area contributed by atoms with Gasteiger partial charge in [0.25, 0.3) is 17.7 Å². The molecule has 0 aliphatic carbocycles. The summed E-state index contributed by atoms with van der Waals surface area (Å²) >= 11 is 6.26. The highest BCUT2D eigenvalue weighted by Crippen LogP contribution is 2.31. The summed E-state index contributed by atoms with van der Waals surface area (Å²) in [5.41, 5.74) is 1.58. The Hall–Kier alpha value is -3.64. The zero-order chi connectivity index (χ0) is 22.0. The summed E-state index contributed by atoms with van der Waals surface area (Å²) in [5.74, 6) is -0.603. The van der Waals surface area contributed by atoms with Gasteiger partial charge in [0.2, 0.25) is 0 Å². The molecule has 0 radical (unpaired) electrons. The van der Waals surface area contributed by atoms with Gasteiger partial charge in [0.1, 0.15) is 5.75 Å². The molecule has 0 atom stereocenters. The number of imide groups is 1. The molecular weight excluding hydrogens is 416 g/mol. The maximum absolute atomic E-state index is 13.4. The normalized spacial score (nSPS) is 12.6. The minimum Gasteiger partial charge on any atom is -0.495 e. The minimum absolute atomic E-state index is 0.0284. The van der Waals surface area contributed by atoms with Gasteiger partial charge in [-0.2, -0.15) is 0 Å². The van der Waals surface area contributed by atoms with Crippen LogP contribution < -0.4 is 9.64 Å². The number of rotatable bonds is 6. The average molecular weight is 435 g/mol. The molecular formula is C24H19ClN2O4. The van der Waals surface area contributed by atoms with Crippen molar-refractivity contribution >= 4 is 35.0 Å². The lowest BCUT2D eigenvalue weighted by atomic mass is 10.1. The predicted octanol–water partition coefficient (Wildman–Crippen LogP) is 4.29. The lowest BCUT2D eigenvalue weighted by Gasteiger charge is -2.27. The second-order valence-corrected chi connectivity index (χ2v) is 7.32. The quantitative estimate of drug-likeness (QED) is 0.543. The van der Waals surface area contributed by atoms with Crippen LogP contribution in [0.1, 0.15) is 31.1 Å². The first-order chi connectivity index (χ1) is 15.0. The molecule has 3 aromatic carbocycles. The van der Waals surface area contributed by atoms with E-state index in [1.54, 1.807) is 72.8 Å². The van der Waals surface area contributed by atoms with Gasteiger partial charge in [0.05, 0.1) is 34.5 Å². The summed E-state index contributed by atoms with van der Waals surface area (Å²) in [4.78, 5) is 41.5. The van der Waals surface area contributed by atoms with Crippen molar-refractivity contribution in [2.24, 2.45) is 0 Å². The molecule has 0 saturated heterocycles. The van der Waals surface area contributed by atoms with Crippen LogP contribution in [0.25, 0.3) is 0 Å². The Balaban J connectivity index is 1.66. The van der Waals surface area contributed by atoms with Gasteiger partial charge in [-0.25, -0.2) is 0 Å². The summed E-state index contributed by atoms with van der Waals surface area (Å²) < 4.78 is 5.43. The summed E-state index contributed by atoms with van der Waals surface area (Å²) in [6.07, 6.45) is 0. The number of benzene rings is 3. The fourth-order valence-corrected chi connectivity index (χ4v) is 3.82. The van der Waals surface area contributed by atoms with E-state index in [4.69, 9.17) is 16.3 Å². The van der Waals surface area contributed by atoms with Crippen LogP contribution in [0.4, 0.5) is 5.69 Å². The van der Waals surface area contributed by atoms with Crippen LogP contribution in [0.3, 0.4) is 0 Å². The molecule has 1 aliphatic rings. The lowest BCUT2D eigenvalue weighted by molar-refractivity contribution is 0.0654. The van der Waals surface area contributed by atoms with E-state index in [9.17, 15) is 14.4 Å². The summed E-state index contributed by atoms with van der Waals surface area (Å²) in [7, 11) is 1.52. The van der Waals surface area contributed by atoms with Crippen LogP contribution in [0.2, 0.25) is 5.02 Å². The standard InChI is InChI=1S/C24H19ClN2O4/c1-31-21-13-7-6-12-20(21)26(24(30)18-10-4-5-11-19(18)25)14-15-27-22(28)16-8-2-3-9-17(16)23(27)29/h2-13H,14-15H2,1H3. The molecule has 31 heavy (non-hydrogen) atoms. The molecule has 0 unspecified atom stereocenters. The molecule has 3 aromatic rings. The van der Waals surface area contributed by atoms with E-state index in [0.717, 1.165) is 4.90 Å². The Morgan fingerprint density at radius 3 is 2.13 bits per heavy atom. The number of carbonyl (C=O) groups is 3. The average Bonchev–Trinajstić information content (AvgIpc) is 3.04. The fourth-order valence-electron chi connectivity index (χ4n) is 3.61. The Morgan fingerprint density at radius 1 is 0.903 bits per heavy atom. The maximum Gasteiger partial charge on any atom is 0.261 e. The first-order valence-electron chi connectivity index (χ1n) is 9.67. The Bertz CT molecular complexity index is 1140. The van der Waals surface area contributed by atoms with Crippen LogP contribution in [0.15, 0.2) is 72.8 Å². The number of methoxy groups -OCH3 is 1. The van der Waals surface area contributed by atoms with Gasteiger partial charge in [0, 0.05) is 13.1 Å². The monoisotopic (exact) mass is 434 g/mol. The highest BCUT2D eigenvalue weighted by atomic mass is 35.5. The smallest absolute Gasteiger partial charge is 0.261 e. The van der Waals surface area contributed by atoms with Crippen LogP contribution in [-0.2, 0) is 0 Å². The molecule has 7 heteroatoms. The third-order valence-electron chi connectivity index (χ3n) is 5.15. The van der Waals surface area contributed by atoms with E-state index in [1.165, 1.54) is 12.0 Å². The largest absolute Gasteiger partial charge is 0.495 e. The maximum atomic E-state index is 13.4. The Kier molecular flexibility index (Phi) is 5.73. The van der Waals surface area contributed by atoms with E-state index in [0.29, 0.717) is 33.1 Å². The summed E-state index contributed by atoms with van der Waals surface area (Å²) in [5, 5.41) is 0.313. The zero-order valence-corrected chi connectivity index (χ0v) is 17.5. The molecule has 156 valence electrons. The first-order valence-corrected chi connectivity index (χ1v) is 10.1. The molecule has 3 amide bonds. The number of fused-ring (bicyclic) bond motifs is 1. The number of halogens is 1. The number of para-hydroxylation sites is 2. The van der Waals surface area contributed by atoms with Crippen LogP contribution >= 0.6 is 11.6 Å². The van der Waals surface area contributed by atoms with Crippen molar-refractivity contribution in [2.75, 3.05) is 25.1 Å². The molecule has 6 nitrogen and oxygen atoms in total. The molecule has 4 rings (SSSR count). The van der Waals surface area contributed by atoms with E-state index < -0.39 is 0 Å². The van der Waals surface area contributed by atoms with Crippen molar-refractivity contribution < 1.29 is 19.1 Å². The SMILES string of the molecule is COc1ccccc1N(CCN1C(=O)c2ccccc2C1=O)C(=O)c1ccccc1Cl. The molecule has 0 spiro atoms. The molecule has 1 aliphatic heterocycles. The van der Waals surface area contributed by atoms with Crippen LogP contribution in [0, 0.1) is 0 Å². The van der Waals surface area contributed by atoms with E-state index in [2.05, 4.69) is 0 Å². The van der Waals surface area contributed by atoms with Crippen molar-refractivity contribution in [3.05, 3.63) is 94.5 Å². The molecule has 1 heterocycles. The number of carbonyl (C=O) groups excluding carboxylic acids is 3. The number of hydrogen-bond donors (Lipinski definition) is 0. The number of nitrogens with zero attached hydrogens (tertiary/aromatic N) is 2. The van der Waals surface area contributed by atoms with Gasteiger partial charge in [-0.05, 0) is 36.4 Å². The van der Waals surface area contributed by atoms with Crippen molar-refractivity contribution in [3.8, 4) is 5.75 Å². The van der Waals surface area contributed by atoms with Crippen molar-refractivity contribution in [1.29, 1.82) is 0 Å². The van der Waals surface area contributed by atoms with Crippen molar-refractivity contribution in [3.63, 3.8) is 0 Å². The second kappa shape index (κ2) is 8.62. The molecule has 0 aromatic heterocycles. The fraction of sp³-hybridized carbons (Fsp3) is 0.125. The van der Waals surface area contributed by atoms with Gasteiger partial charge in [-0.1, -0.05) is 48.0 Å². The van der Waals surface area contributed by atoms with E-state index in [-0.39, 0.29) is 30.8 Å². The summed E-state index contributed by atoms with van der Waals surface area (Å²) in [6.45, 7) is 0.108. The molecule has 0 N–H and O–H groups in total. The highest BCUT2D eigenvalue weighted by molar-refractivity contribution is 6.34. The Morgan fingerprint density at radius 2 is 1.48 bits per heavy atom. The molecule has 0 fully saturated rings. The van der Waals surface area contributed by atoms with Gasteiger partial charge in [-0.15, -0.1) is 0 Å². The third-order valence-corrected chi connectivity index (χ3v) is 5.48.